The summed E-state index contributed by atoms with van der Waals surface area (Å²) in [6, 6.07) is 11.3. The Balaban J connectivity index is 2.33. The molecule has 104 valence electrons. The number of carbonyl (C=O) groups excluding carboxylic acids is 2. The van der Waals surface area contributed by atoms with Crippen LogP contribution in [0.2, 0.25) is 0 Å². The van der Waals surface area contributed by atoms with Crippen LogP contribution in [0.4, 0.5) is 0 Å². The fourth-order valence-corrected chi connectivity index (χ4v) is 4.11. The van der Waals surface area contributed by atoms with Crippen LogP contribution in [0.1, 0.15) is 24.5 Å². The summed E-state index contributed by atoms with van der Waals surface area (Å²) in [6.07, 6.45) is 0.371. The van der Waals surface area contributed by atoms with Crippen molar-refractivity contribution in [2.24, 2.45) is 10.8 Å². The van der Waals surface area contributed by atoms with Gasteiger partial charge in [0.05, 0.1) is 17.6 Å². The molecular weight excluding hydrogens is 266 g/mol. The highest BCUT2D eigenvalue weighted by Gasteiger charge is 2.98. The molecule has 1 aliphatic heterocycles. The number of fused-ring (bicyclic) bond motifs is 1. The van der Waals surface area contributed by atoms with Gasteiger partial charge < -0.3 is 0 Å². The first-order chi connectivity index (χ1) is 9.98. The summed E-state index contributed by atoms with van der Waals surface area (Å²) >= 11 is 0. The predicted octanol–water partition coefficient (Wildman–Crippen LogP) is 1.33. The molecule has 21 heavy (non-hydrogen) atoms. The molecule has 0 bridgehead atoms. The minimum Gasteiger partial charge on any atom is -0.293 e. The van der Waals surface area contributed by atoms with Gasteiger partial charge in [0.25, 0.3) is 0 Å². The number of imide groups is 1. The molecule has 1 aromatic rings. The standard InChI is InChI=1S/C16H13N3O2/c1-3-14(11-6-4-10(2)5-7-11)15(8-17)12(20)19-13(21)16(14,15)9-18/h4-7H,3H2,1-2H3,(H,19,20,21)/t14?,15-,16+. The summed E-state index contributed by atoms with van der Waals surface area (Å²) in [4.78, 5) is 24.5. The van der Waals surface area contributed by atoms with E-state index < -0.39 is 28.1 Å². The Morgan fingerprint density at radius 1 is 1.05 bits per heavy atom. The van der Waals surface area contributed by atoms with E-state index in [4.69, 9.17) is 0 Å². The second-order valence-electron chi connectivity index (χ2n) is 5.63. The third kappa shape index (κ3) is 1.02. The van der Waals surface area contributed by atoms with Crippen LogP contribution in [-0.2, 0) is 15.0 Å². The zero-order valence-electron chi connectivity index (χ0n) is 11.7. The number of amides is 2. The zero-order valence-corrected chi connectivity index (χ0v) is 11.7. The van der Waals surface area contributed by atoms with E-state index in [0.29, 0.717) is 12.0 Å². The van der Waals surface area contributed by atoms with Crippen molar-refractivity contribution in [1.29, 1.82) is 10.5 Å². The first kappa shape index (κ1) is 13.3. The largest absolute Gasteiger partial charge is 0.293 e. The molecule has 1 N–H and O–H groups in total. The minimum atomic E-state index is -1.62. The lowest BCUT2D eigenvalue weighted by Crippen LogP contribution is -2.39. The average Bonchev–Trinajstić information content (AvgIpc) is 2.97. The molecule has 1 saturated carbocycles. The van der Waals surface area contributed by atoms with Crippen molar-refractivity contribution in [3.63, 3.8) is 0 Å². The molecule has 2 aliphatic rings. The van der Waals surface area contributed by atoms with Crippen LogP contribution >= 0.6 is 0 Å². The van der Waals surface area contributed by atoms with Crippen molar-refractivity contribution in [1.82, 2.24) is 5.32 Å². The Morgan fingerprint density at radius 2 is 1.52 bits per heavy atom. The van der Waals surface area contributed by atoms with Crippen molar-refractivity contribution < 1.29 is 9.59 Å². The number of benzene rings is 1. The van der Waals surface area contributed by atoms with Crippen LogP contribution in [0.3, 0.4) is 0 Å². The first-order valence-corrected chi connectivity index (χ1v) is 6.74. The molecular formula is C16H13N3O2. The summed E-state index contributed by atoms with van der Waals surface area (Å²) in [5.74, 6) is -1.31. The second-order valence-corrected chi connectivity index (χ2v) is 5.63. The maximum Gasteiger partial charge on any atom is 0.250 e. The number of hydrogen-bond donors (Lipinski definition) is 1. The van der Waals surface area contributed by atoms with E-state index in [1.54, 1.807) is 19.1 Å². The minimum absolute atomic E-state index is 0.371. The van der Waals surface area contributed by atoms with Crippen LogP contribution in [-0.4, -0.2) is 11.8 Å². The van der Waals surface area contributed by atoms with Gasteiger partial charge in [-0.1, -0.05) is 36.8 Å². The van der Waals surface area contributed by atoms with Crippen molar-refractivity contribution >= 4 is 11.8 Å². The van der Waals surface area contributed by atoms with E-state index in [-0.39, 0.29) is 0 Å². The number of aryl methyl sites for hydroxylation is 1. The molecule has 0 aromatic heterocycles. The van der Waals surface area contributed by atoms with Crippen LogP contribution in [0.5, 0.6) is 0 Å². The number of piperidine rings is 1. The van der Waals surface area contributed by atoms with Gasteiger partial charge in [0.1, 0.15) is 0 Å². The van der Waals surface area contributed by atoms with Crippen molar-refractivity contribution in [2.45, 2.75) is 25.7 Å². The van der Waals surface area contributed by atoms with Crippen molar-refractivity contribution in [3.05, 3.63) is 35.4 Å². The van der Waals surface area contributed by atoms with E-state index in [1.807, 2.05) is 31.2 Å². The average molecular weight is 279 g/mol. The van der Waals surface area contributed by atoms with Crippen molar-refractivity contribution in [3.8, 4) is 12.1 Å². The van der Waals surface area contributed by atoms with Gasteiger partial charge in [-0.2, -0.15) is 10.5 Å². The Labute approximate surface area is 122 Å². The summed E-state index contributed by atoms with van der Waals surface area (Å²) in [5.41, 5.74) is -2.56. The van der Waals surface area contributed by atoms with E-state index in [9.17, 15) is 20.1 Å². The van der Waals surface area contributed by atoms with E-state index in [2.05, 4.69) is 5.32 Å². The second kappa shape index (κ2) is 3.71. The summed E-state index contributed by atoms with van der Waals surface area (Å²) in [5, 5.41) is 21.4. The van der Waals surface area contributed by atoms with E-state index in [1.165, 1.54) is 0 Å². The molecule has 1 unspecified atom stereocenters. The van der Waals surface area contributed by atoms with Crippen LogP contribution in [0.15, 0.2) is 24.3 Å². The SMILES string of the molecule is CCC1(c2ccc(C)cc2)[C@]2(C#N)C(=O)NC(=O)[C@]12C#N. The molecule has 1 saturated heterocycles. The van der Waals surface area contributed by atoms with Crippen LogP contribution in [0, 0.1) is 40.4 Å². The Hall–Kier alpha value is -2.66. The predicted molar refractivity (Wildman–Crippen MR) is 72.4 cm³/mol. The third-order valence-electron chi connectivity index (χ3n) is 5.10. The molecule has 5 heteroatoms. The number of nitrogens with one attached hydrogen (secondary N) is 1. The molecule has 0 spiro atoms. The van der Waals surface area contributed by atoms with Crippen molar-refractivity contribution in [2.75, 3.05) is 0 Å². The number of nitrogens with zero attached hydrogens (tertiary/aromatic N) is 2. The van der Waals surface area contributed by atoms with Gasteiger partial charge in [-0.25, -0.2) is 0 Å². The van der Waals surface area contributed by atoms with E-state index >= 15 is 0 Å². The van der Waals surface area contributed by atoms with Gasteiger partial charge in [0, 0.05) is 0 Å². The van der Waals surface area contributed by atoms with Gasteiger partial charge in [-0.15, -0.1) is 0 Å². The first-order valence-electron chi connectivity index (χ1n) is 6.74. The van der Waals surface area contributed by atoms with Gasteiger partial charge in [-0.3, -0.25) is 14.9 Å². The lowest BCUT2D eigenvalue weighted by atomic mass is 9.81. The van der Waals surface area contributed by atoms with Gasteiger partial charge in [0.15, 0.2) is 10.8 Å². The highest BCUT2D eigenvalue weighted by molar-refractivity contribution is 6.21. The lowest BCUT2D eigenvalue weighted by Gasteiger charge is -2.22. The highest BCUT2D eigenvalue weighted by Crippen LogP contribution is 2.81. The molecule has 3 rings (SSSR count). The Kier molecular flexibility index (Phi) is 2.35. The topological polar surface area (TPSA) is 93.8 Å². The maximum atomic E-state index is 12.3. The number of rotatable bonds is 2. The molecule has 1 heterocycles. The highest BCUT2D eigenvalue weighted by atomic mass is 16.2. The summed E-state index contributed by atoms with van der Waals surface area (Å²) in [7, 11) is 0. The summed E-state index contributed by atoms with van der Waals surface area (Å²) in [6.45, 7) is 3.73. The third-order valence-corrected chi connectivity index (χ3v) is 5.10. The zero-order chi connectivity index (χ0) is 15.5. The molecule has 1 aliphatic carbocycles. The van der Waals surface area contributed by atoms with Gasteiger partial charge in [-0.05, 0) is 18.9 Å². The number of nitriles is 2. The maximum absolute atomic E-state index is 12.3. The quantitative estimate of drug-likeness (QED) is 0.826. The normalized spacial score (nSPS) is 36.4. The smallest absolute Gasteiger partial charge is 0.250 e. The monoisotopic (exact) mass is 279 g/mol. The van der Waals surface area contributed by atoms with Crippen LogP contribution < -0.4 is 5.32 Å². The molecule has 2 amide bonds. The lowest BCUT2D eigenvalue weighted by molar-refractivity contribution is -0.129. The fourth-order valence-electron chi connectivity index (χ4n) is 4.11. The summed E-state index contributed by atoms with van der Waals surface area (Å²) < 4.78 is 0. The fraction of sp³-hybridized carbons (Fsp3) is 0.375. The molecule has 1 aromatic carbocycles. The Morgan fingerprint density at radius 3 is 1.90 bits per heavy atom. The molecule has 3 atom stereocenters. The molecule has 0 radical (unpaired) electrons. The van der Waals surface area contributed by atoms with Crippen LogP contribution in [0.25, 0.3) is 0 Å². The van der Waals surface area contributed by atoms with Gasteiger partial charge >= 0.3 is 0 Å². The van der Waals surface area contributed by atoms with Gasteiger partial charge in [0.2, 0.25) is 11.8 Å². The number of hydrogen-bond acceptors (Lipinski definition) is 4. The van der Waals surface area contributed by atoms with E-state index in [0.717, 1.165) is 5.56 Å². The number of carbonyl (C=O) groups is 2. The molecule has 2 fully saturated rings. The Bertz CT molecular complexity index is 715. The molecule has 5 nitrogen and oxygen atoms in total.